The molecule has 0 spiro atoms. The third-order valence-corrected chi connectivity index (χ3v) is 6.35. The van der Waals surface area contributed by atoms with Crippen LogP contribution in [0.4, 0.5) is 0 Å². The van der Waals surface area contributed by atoms with Gasteiger partial charge in [0.15, 0.2) is 0 Å². The molecule has 5 rings (SSSR count). The number of amides is 1. The van der Waals surface area contributed by atoms with E-state index in [1.54, 1.807) is 6.07 Å². The number of ether oxygens (including phenoxy) is 1. The summed E-state index contributed by atoms with van der Waals surface area (Å²) in [5.41, 5.74) is 3.42. The first-order valence-electron chi connectivity index (χ1n) is 10.7. The number of hydrogen-bond acceptors (Lipinski definition) is 5. The second-order valence-corrected chi connectivity index (χ2v) is 8.31. The zero-order valence-corrected chi connectivity index (χ0v) is 16.9. The fourth-order valence-corrected chi connectivity index (χ4v) is 4.80. The highest BCUT2D eigenvalue weighted by Crippen LogP contribution is 2.38. The molecule has 0 bridgehead atoms. The molecule has 6 nitrogen and oxygen atoms in total. The van der Waals surface area contributed by atoms with Crippen molar-refractivity contribution in [2.75, 3.05) is 6.54 Å². The number of carbonyl (C=O) groups is 1. The molecule has 2 aliphatic heterocycles. The average Bonchev–Trinajstić information content (AvgIpc) is 3.03. The maximum Gasteiger partial charge on any atom is 0.251 e. The molecule has 1 aliphatic carbocycles. The van der Waals surface area contributed by atoms with Gasteiger partial charge in [-0.25, -0.2) is 0 Å². The van der Waals surface area contributed by atoms with E-state index in [4.69, 9.17) is 4.74 Å². The van der Waals surface area contributed by atoms with Gasteiger partial charge in [-0.3, -0.25) is 4.79 Å². The van der Waals surface area contributed by atoms with Crippen molar-refractivity contribution in [3.8, 4) is 11.5 Å². The molecule has 4 N–H and O–H groups in total. The lowest BCUT2D eigenvalue weighted by Gasteiger charge is -2.34. The molecule has 3 atom stereocenters. The molecule has 2 aromatic carbocycles. The van der Waals surface area contributed by atoms with E-state index in [0.717, 1.165) is 24.1 Å². The Balaban J connectivity index is 1.41. The maximum absolute atomic E-state index is 12.6. The van der Waals surface area contributed by atoms with Gasteiger partial charge in [0.2, 0.25) is 0 Å². The largest absolute Gasteiger partial charge is 0.507 e. The Bertz CT molecular complexity index is 973. The summed E-state index contributed by atoms with van der Waals surface area (Å²) in [5.74, 6) is 0.670. The Labute approximate surface area is 176 Å². The molecule has 156 valence electrons. The molecule has 0 radical (unpaired) electrons. The number of phenols is 1. The molecule has 0 unspecified atom stereocenters. The summed E-state index contributed by atoms with van der Waals surface area (Å²) in [4.78, 5) is 12.6. The Hall–Kier alpha value is -2.99. The molecule has 1 saturated carbocycles. The molecule has 0 aromatic heterocycles. The van der Waals surface area contributed by atoms with Crippen molar-refractivity contribution >= 4 is 5.91 Å². The van der Waals surface area contributed by atoms with Crippen molar-refractivity contribution in [2.45, 2.75) is 50.4 Å². The number of fused-ring (bicyclic) bond motifs is 1. The number of benzene rings is 2. The van der Waals surface area contributed by atoms with Crippen LogP contribution in [0.2, 0.25) is 0 Å². The van der Waals surface area contributed by atoms with Gasteiger partial charge < -0.3 is 25.8 Å². The number of hydrogen-bond donors (Lipinski definition) is 4. The van der Waals surface area contributed by atoms with Gasteiger partial charge in [0.1, 0.15) is 18.1 Å². The molecule has 6 heteroatoms. The predicted octanol–water partition coefficient (Wildman–Crippen LogP) is 2.90. The van der Waals surface area contributed by atoms with Crippen LogP contribution in [0.3, 0.4) is 0 Å². The van der Waals surface area contributed by atoms with Crippen LogP contribution in [-0.2, 0) is 11.4 Å². The van der Waals surface area contributed by atoms with Gasteiger partial charge in [0.05, 0.1) is 18.2 Å². The Morgan fingerprint density at radius 3 is 2.63 bits per heavy atom. The SMILES string of the molecule is O=C1NCC2=C1[C@@H](c1ccc(OCc3ccccc3)cc1O)N[C@@H]1CCCC[C@H]1N2. The fraction of sp³-hybridized carbons (Fsp3) is 0.375. The van der Waals surface area contributed by atoms with Crippen LogP contribution in [0.15, 0.2) is 59.8 Å². The molecule has 2 aromatic rings. The van der Waals surface area contributed by atoms with E-state index in [9.17, 15) is 9.90 Å². The minimum atomic E-state index is -0.341. The van der Waals surface area contributed by atoms with Crippen LogP contribution in [0, 0.1) is 0 Å². The van der Waals surface area contributed by atoms with Crippen LogP contribution in [0.1, 0.15) is 42.9 Å². The van der Waals surface area contributed by atoms with Crippen LogP contribution < -0.4 is 20.7 Å². The number of nitrogens with one attached hydrogen (secondary N) is 3. The first-order chi connectivity index (χ1) is 14.7. The minimum absolute atomic E-state index is 0.0718. The van der Waals surface area contributed by atoms with Crippen LogP contribution in [0.25, 0.3) is 0 Å². The van der Waals surface area contributed by atoms with Gasteiger partial charge >= 0.3 is 0 Å². The van der Waals surface area contributed by atoms with Gasteiger partial charge in [0.25, 0.3) is 5.91 Å². The van der Waals surface area contributed by atoms with E-state index in [2.05, 4.69) is 16.0 Å². The van der Waals surface area contributed by atoms with Crippen molar-refractivity contribution in [3.63, 3.8) is 0 Å². The van der Waals surface area contributed by atoms with Gasteiger partial charge in [-0.05, 0) is 30.5 Å². The minimum Gasteiger partial charge on any atom is -0.507 e. The highest BCUT2D eigenvalue weighted by atomic mass is 16.5. The summed E-state index contributed by atoms with van der Waals surface area (Å²) in [6, 6.07) is 15.5. The van der Waals surface area contributed by atoms with E-state index < -0.39 is 0 Å². The highest BCUT2D eigenvalue weighted by Gasteiger charge is 2.39. The van der Waals surface area contributed by atoms with Crippen molar-refractivity contribution in [1.29, 1.82) is 0 Å². The molecular weight excluding hydrogens is 378 g/mol. The zero-order valence-electron chi connectivity index (χ0n) is 16.9. The van der Waals surface area contributed by atoms with Crippen LogP contribution in [0.5, 0.6) is 11.5 Å². The highest BCUT2D eigenvalue weighted by molar-refractivity contribution is 5.98. The molecular formula is C24H27N3O3. The first kappa shape index (κ1) is 19.0. The van der Waals surface area contributed by atoms with Gasteiger partial charge in [-0.1, -0.05) is 43.2 Å². The van der Waals surface area contributed by atoms with Crippen LogP contribution in [-0.4, -0.2) is 29.6 Å². The van der Waals surface area contributed by atoms with Crippen molar-refractivity contribution in [1.82, 2.24) is 16.0 Å². The summed E-state index contributed by atoms with van der Waals surface area (Å²) in [6.07, 6.45) is 4.53. The zero-order chi connectivity index (χ0) is 20.5. The van der Waals surface area contributed by atoms with Gasteiger partial charge in [-0.15, -0.1) is 0 Å². The molecule has 30 heavy (non-hydrogen) atoms. The smallest absolute Gasteiger partial charge is 0.251 e. The second-order valence-electron chi connectivity index (χ2n) is 8.31. The van der Waals surface area contributed by atoms with E-state index in [-0.39, 0.29) is 23.7 Å². The molecule has 2 heterocycles. The van der Waals surface area contributed by atoms with Crippen LogP contribution >= 0.6 is 0 Å². The standard InChI is InChI=1S/C24H27N3O3/c28-21-12-16(30-14-15-6-2-1-3-7-15)10-11-17(21)23-22-20(13-25-24(22)29)26-18-8-4-5-9-19(18)27-23/h1-3,6-7,10-12,18-19,23,26-28H,4-5,8-9,13-14H2,(H,25,29)/t18-,19-,23-/m1/s1. The Morgan fingerprint density at radius 2 is 1.83 bits per heavy atom. The number of carbonyl (C=O) groups excluding carboxylic acids is 1. The van der Waals surface area contributed by atoms with E-state index >= 15 is 0 Å². The second kappa shape index (κ2) is 8.03. The molecule has 0 saturated heterocycles. The summed E-state index contributed by atoms with van der Waals surface area (Å²) >= 11 is 0. The van der Waals surface area contributed by atoms with E-state index in [1.165, 1.54) is 12.8 Å². The average molecular weight is 405 g/mol. The van der Waals surface area contributed by atoms with Crippen molar-refractivity contribution in [3.05, 3.63) is 70.9 Å². The number of aromatic hydroxyl groups is 1. The monoisotopic (exact) mass is 405 g/mol. The summed E-state index contributed by atoms with van der Waals surface area (Å²) in [5, 5.41) is 21.1. The van der Waals surface area contributed by atoms with Gasteiger partial charge in [-0.2, -0.15) is 0 Å². The lowest BCUT2D eigenvalue weighted by Crippen LogP contribution is -2.49. The summed E-state index contributed by atoms with van der Waals surface area (Å²) in [6.45, 7) is 0.960. The molecule has 3 aliphatic rings. The van der Waals surface area contributed by atoms with Gasteiger partial charge in [0, 0.05) is 29.4 Å². The third kappa shape index (κ3) is 3.63. The van der Waals surface area contributed by atoms with E-state index in [1.807, 2.05) is 42.5 Å². The molecule has 1 fully saturated rings. The summed E-state index contributed by atoms with van der Waals surface area (Å²) in [7, 11) is 0. The lowest BCUT2D eigenvalue weighted by atomic mass is 9.89. The van der Waals surface area contributed by atoms with Crippen molar-refractivity contribution in [2.24, 2.45) is 0 Å². The third-order valence-electron chi connectivity index (χ3n) is 6.35. The lowest BCUT2D eigenvalue weighted by molar-refractivity contribution is -0.117. The Morgan fingerprint density at radius 1 is 1.03 bits per heavy atom. The van der Waals surface area contributed by atoms with Crippen molar-refractivity contribution < 1.29 is 14.6 Å². The summed E-state index contributed by atoms with van der Waals surface area (Å²) < 4.78 is 5.85. The van der Waals surface area contributed by atoms with E-state index in [0.29, 0.717) is 36.1 Å². The first-order valence-corrected chi connectivity index (χ1v) is 10.7. The fourth-order valence-electron chi connectivity index (χ4n) is 4.80. The number of rotatable bonds is 4. The maximum atomic E-state index is 12.6. The molecule has 1 amide bonds. The normalized spacial score (nSPS) is 25.6. The Kier molecular flexibility index (Phi) is 5.09. The predicted molar refractivity (Wildman–Crippen MR) is 114 cm³/mol. The number of phenolic OH excluding ortho intramolecular Hbond substituents is 1. The topological polar surface area (TPSA) is 82.6 Å². The quantitative estimate of drug-likeness (QED) is 0.629.